The first-order chi connectivity index (χ1) is 6.87. The van der Waals surface area contributed by atoms with Gasteiger partial charge in [0.2, 0.25) is 0 Å². The second kappa shape index (κ2) is 5.26. The molecule has 15 heavy (non-hydrogen) atoms. The quantitative estimate of drug-likeness (QED) is 0.718. The highest BCUT2D eigenvalue weighted by molar-refractivity contribution is 4.77. The fourth-order valence-electron chi connectivity index (χ4n) is 1.87. The van der Waals surface area contributed by atoms with Crippen LogP contribution in [0, 0.1) is 5.41 Å². The van der Waals surface area contributed by atoms with Crippen LogP contribution in [0.5, 0.6) is 0 Å². The summed E-state index contributed by atoms with van der Waals surface area (Å²) in [4.78, 5) is 2.37. The van der Waals surface area contributed by atoms with E-state index in [-0.39, 0.29) is 6.10 Å². The van der Waals surface area contributed by atoms with Crippen LogP contribution in [0.3, 0.4) is 0 Å². The van der Waals surface area contributed by atoms with Crippen LogP contribution < -0.4 is 0 Å². The molecule has 1 saturated heterocycles. The fourth-order valence-corrected chi connectivity index (χ4v) is 1.87. The SMILES string of the molecule is CC(F)OC1CCN(CCC(C)(C)C)C1. The molecule has 0 radical (unpaired) electrons. The summed E-state index contributed by atoms with van der Waals surface area (Å²) in [6.45, 7) is 11.3. The minimum atomic E-state index is -1.13. The normalized spacial score (nSPS) is 25.8. The van der Waals surface area contributed by atoms with Gasteiger partial charge in [0.05, 0.1) is 6.10 Å². The summed E-state index contributed by atoms with van der Waals surface area (Å²) in [6.07, 6.45) is 1.13. The zero-order valence-electron chi connectivity index (χ0n) is 10.4. The highest BCUT2D eigenvalue weighted by Gasteiger charge is 2.25. The molecule has 0 amide bonds. The third kappa shape index (κ3) is 5.47. The van der Waals surface area contributed by atoms with E-state index in [1.165, 1.54) is 13.3 Å². The summed E-state index contributed by atoms with van der Waals surface area (Å²) in [5.74, 6) is 0. The standard InChI is InChI=1S/C12H24FNO/c1-10(13)15-11-5-7-14(9-11)8-6-12(2,3)4/h10-11H,5-9H2,1-4H3. The van der Waals surface area contributed by atoms with Crippen LogP contribution in [0.4, 0.5) is 4.39 Å². The zero-order valence-corrected chi connectivity index (χ0v) is 10.4. The number of ether oxygens (including phenoxy) is 1. The number of hydrogen-bond acceptors (Lipinski definition) is 2. The van der Waals surface area contributed by atoms with Crippen molar-refractivity contribution in [2.45, 2.75) is 53.0 Å². The van der Waals surface area contributed by atoms with Crippen molar-refractivity contribution in [1.82, 2.24) is 4.90 Å². The van der Waals surface area contributed by atoms with Gasteiger partial charge in [0.1, 0.15) is 0 Å². The second-order valence-electron chi connectivity index (χ2n) is 5.70. The largest absolute Gasteiger partial charge is 0.344 e. The molecule has 0 aliphatic carbocycles. The molecule has 0 bridgehead atoms. The Labute approximate surface area is 92.8 Å². The van der Waals surface area contributed by atoms with E-state index >= 15 is 0 Å². The number of rotatable bonds is 4. The molecule has 1 fully saturated rings. The molecular weight excluding hydrogens is 193 g/mol. The fraction of sp³-hybridized carbons (Fsp3) is 1.00. The smallest absolute Gasteiger partial charge is 0.196 e. The Morgan fingerprint density at radius 3 is 2.67 bits per heavy atom. The third-order valence-corrected chi connectivity index (χ3v) is 2.79. The number of alkyl halides is 1. The van der Waals surface area contributed by atoms with Gasteiger partial charge in [-0.25, -0.2) is 4.39 Å². The third-order valence-electron chi connectivity index (χ3n) is 2.79. The van der Waals surface area contributed by atoms with Gasteiger partial charge >= 0.3 is 0 Å². The molecule has 0 aromatic rings. The molecule has 2 unspecified atom stereocenters. The summed E-state index contributed by atoms with van der Waals surface area (Å²) < 4.78 is 17.8. The van der Waals surface area contributed by atoms with E-state index < -0.39 is 6.36 Å². The molecule has 0 spiro atoms. The molecule has 1 aliphatic heterocycles. The molecule has 2 nitrogen and oxygen atoms in total. The minimum Gasteiger partial charge on any atom is -0.344 e. The van der Waals surface area contributed by atoms with Crippen molar-refractivity contribution in [3.8, 4) is 0 Å². The molecule has 1 heterocycles. The van der Waals surface area contributed by atoms with Crippen molar-refractivity contribution in [2.24, 2.45) is 5.41 Å². The monoisotopic (exact) mass is 217 g/mol. The first kappa shape index (κ1) is 12.9. The maximum atomic E-state index is 12.6. The van der Waals surface area contributed by atoms with E-state index in [1.54, 1.807) is 0 Å². The topological polar surface area (TPSA) is 12.5 Å². The predicted molar refractivity (Wildman–Crippen MR) is 60.6 cm³/mol. The summed E-state index contributed by atoms with van der Waals surface area (Å²) in [5, 5.41) is 0. The van der Waals surface area contributed by atoms with Crippen molar-refractivity contribution < 1.29 is 9.13 Å². The summed E-state index contributed by atoms with van der Waals surface area (Å²) in [5.41, 5.74) is 0.381. The van der Waals surface area contributed by atoms with Gasteiger partial charge in [-0.05, 0) is 31.7 Å². The average Bonchev–Trinajstić information content (AvgIpc) is 2.46. The number of likely N-dealkylation sites (tertiary alicyclic amines) is 1. The van der Waals surface area contributed by atoms with Crippen LogP contribution in [-0.2, 0) is 4.74 Å². The lowest BCUT2D eigenvalue weighted by molar-refractivity contribution is -0.0685. The van der Waals surface area contributed by atoms with Crippen molar-refractivity contribution in [2.75, 3.05) is 19.6 Å². The summed E-state index contributed by atoms with van der Waals surface area (Å²) in [7, 11) is 0. The van der Waals surface area contributed by atoms with Crippen LogP contribution in [0.1, 0.15) is 40.5 Å². The Hall–Kier alpha value is -0.150. The molecule has 1 rings (SSSR count). The molecule has 0 N–H and O–H groups in total. The second-order valence-corrected chi connectivity index (χ2v) is 5.70. The van der Waals surface area contributed by atoms with Gasteiger partial charge in [-0.15, -0.1) is 0 Å². The van der Waals surface area contributed by atoms with Gasteiger partial charge in [0, 0.05) is 13.1 Å². The van der Waals surface area contributed by atoms with E-state index in [0.29, 0.717) is 5.41 Å². The average molecular weight is 217 g/mol. The van der Waals surface area contributed by atoms with Crippen LogP contribution in [0.25, 0.3) is 0 Å². The Morgan fingerprint density at radius 1 is 1.47 bits per heavy atom. The van der Waals surface area contributed by atoms with Crippen LogP contribution in [-0.4, -0.2) is 37.0 Å². The molecular formula is C12H24FNO. The Balaban J connectivity index is 2.19. The lowest BCUT2D eigenvalue weighted by Crippen LogP contribution is -2.27. The zero-order chi connectivity index (χ0) is 11.5. The van der Waals surface area contributed by atoms with Crippen molar-refractivity contribution in [3.05, 3.63) is 0 Å². The highest BCUT2D eigenvalue weighted by atomic mass is 19.1. The van der Waals surface area contributed by atoms with Gasteiger partial charge in [-0.2, -0.15) is 0 Å². The number of halogens is 1. The lowest BCUT2D eigenvalue weighted by atomic mass is 9.92. The molecule has 90 valence electrons. The van der Waals surface area contributed by atoms with Gasteiger partial charge in [0.15, 0.2) is 6.36 Å². The van der Waals surface area contributed by atoms with E-state index in [2.05, 4.69) is 25.7 Å². The molecule has 0 aromatic heterocycles. The molecule has 0 saturated carbocycles. The molecule has 0 aromatic carbocycles. The summed E-state index contributed by atoms with van der Waals surface area (Å²) in [6, 6.07) is 0. The Bertz CT molecular complexity index is 189. The number of hydrogen-bond donors (Lipinski definition) is 0. The van der Waals surface area contributed by atoms with E-state index in [4.69, 9.17) is 4.74 Å². The minimum absolute atomic E-state index is 0.102. The Morgan fingerprint density at radius 2 is 2.13 bits per heavy atom. The highest BCUT2D eigenvalue weighted by Crippen LogP contribution is 2.21. The van der Waals surface area contributed by atoms with Crippen molar-refractivity contribution in [1.29, 1.82) is 0 Å². The predicted octanol–water partition coefficient (Wildman–Crippen LogP) is 2.83. The number of nitrogens with zero attached hydrogens (tertiary/aromatic N) is 1. The van der Waals surface area contributed by atoms with Crippen molar-refractivity contribution >= 4 is 0 Å². The first-order valence-electron chi connectivity index (χ1n) is 5.89. The van der Waals surface area contributed by atoms with Crippen LogP contribution in [0.2, 0.25) is 0 Å². The molecule has 2 atom stereocenters. The van der Waals surface area contributed by atoms with Crippen LogP contribution in [0.15, 0.2) is 0 Å². The molecule has 1 aliphatic rings. The van der Waals surface area contributed by atoms with Crippen molar-refractivity contribution in [3.63, 3.8) is 0 Å². The van der Waals surface area contributed by atoms with Gasteiger partial charge in [0.25, 0.3) is 0 Å². The van der Waals surface area contributed by atoms with Gasteiger partial charge in [-0.3, -0.25) is 0 Å². The Kier molecular flexibility index (Phi) is 4.53. The van der Waals surface area contributed by atoms with E-state index in [0.717, 1.165) is 26.1 Å². The maximum absolute atomic E-state index is 12.6. The van der Waals surface area contributed by atoms with E-state index in [9.17, 15) is 4.39 Å². The van der Waals surface area contributed by atoms with E-state index in [1.807, 2.05) is 0 Å². The summed E-state index contributed by atoms with van der Waals surface area (Å²) >= 11 is 0. The van der Waals surface area contributed by atoms with Gasteiger partial charge < -0.3 is 9.64 Å². The maximum Gasteiger partial charge on any atom is 0.196 e. The lowest BCUT2D eigenvalue weighted by Gasteiger charge is -2.23. The van der Waals surface area contributed by atoms with Crippen LogP contribution >= 0.6 is 0 Å². The van der Waals surface area contributed by atoms with Gasteiger partial charge in [-0.1, -0.05) is 20.8 Å². The molecule has 3 heteroatoms. The first-order valence-corrected chi connectivity index (χ1v) is 5.89.